The minimum atomic E-state index is -0.884. The van der Waals surface area contributed by atoms with Gasteiger partial charge < -0.3 is 25.2 Å². The van der Waals surface area contributed by atoms with Crippen LogP contribution >= 0.6 is 0 Å². The molecule has 0 aliphatic carbocycles. The standard InChI is InChI=1S/C19H27N3O5/c1-12-3-4-13(2)20-16(12)17(25)21-14-5-6-22(8-15(24)7-14)18(26)19(9-23)10-27-11-19/h3-4,14-15,23-24H,5-11H2,1-2H3,(H,21,25)/t14-,15-/m1/s1. The van der Waals surface area contributed by atoms with Crippen molar-refractivity contribution in [3.63, 3.8) is 0 Å². The summed E-state index contributed by atoms with van der Waals surface area (Å²) in [6.07, 6.45) is 0.148. The van der Waals surface area contributed by atoms with Gasteiger partial charge in [0.1, 0.15) is 11.1 Å². The maximum atomic E-state index is 12.7. The highest BCUT2D eigenvalue weighted by Crippen LogP contribution is 2.30. The summed E-state index contributed by atoms with van der Waals surface area (Å²) in [7, 11) is 0. The lowest BCUT2D eigenvalue weighted by Gasteiger charge is -2.41. The predicted molar refractivity (Wildman–Crippen MR) is 97.1 cm³/mol. The third-order valence-corrected chi connectivity index (χ3v) is 5.32. The van der Waals surface area contributed by atoms with Gasteiger partial charge in [0.05, 0.1) is 25.9 Å². The molecule has 0 spiro atoms. The van der Waals surface area contributed by atoms with E-state index in [9.17, 15) is 19.8 Å². The second-order valence-electron chi connectivity index (χ2n) is 7.65. The first-order chi connectivity index (χ1) is 12.8. The molecule has 0 aromatic carbocycles. The molecule has 8 heteroatoms. The number of hydrogen-bond acceptors (Lipinski definition) is 6. The minimum absolute atomic E-state index is 0.189. The molecule has 0 radical (unpaired) electrons. The highest BCUT2D eigenvalue weighted by Gasteiger charge is 2.48. The van der Waals surface area contributed by atoms with E-state index in [1.54, 1.807) is 4.90 Å². The molecule has 3 heterocycles. The lowest BCUT2D eigenvalue weighted by Crippen LogP contribution is -2.58. The van der Waals surface area contributed by atoms with Gasteiger partial charge in [-0.25, -0.2) is 4.98 Å². The first-order valence-corrected chi connectivity index (χ1v) is 9.26. The number of nitrogens with one attached hydrogen (secondary N) is 1. The maximum absolute atomic E-state index is 12.7. The molecule has 0 unspecified atom stereocenters. The molecule has 2 amide bonds. The number of β-amino-alcohol motifs (C(OH)–C–C–N with tert-alkyl or cyclic N) is 1. The number of aryl methyl sites for hydroxylation is 2. The molecule has 148 valence electrons. The molecule has 0 saturated carbocycles. The molecule has 1 aromatic rings. The Kier molecular flexibility index (Phi) is 5.78. The van der Waals surface area contributed by atoms with E-state index in [1.807, 2.05) is 26.0 Å². The Bertz CT molecular complexity index is 714. The molecule has 2 aliphatic heterocycles. The van der Waals surface area contributed by atoms with Crippen molar-refractivity contribution in [3.8, 4) is 0 Å². The second kappa shape index (κ2) is 7.92. The monoisotopic (exact) mass is 377 g/mol. The summed E-state index contributed by atoms with van der Waals surface area (Å²) in [6, 6.07) is 3.45. The van der Waals surface area contributed by atoms with E-state index in [0.29, 0.717) is 25.1 Å². The van der Waals surface area contributed by atoms with Crippen LogP contribution in [0.3, 0.4) is 0 Å². The fraction of sp³-hybridized carbons (Fsp3) is 0.632. The minimum Gasteiger partial charge on any atom is -0.395 e. The van der Waals surface area contributed by atoms with Gasteiger partial charge in [-0.05, 0) is 38.3 Å². The lowest BCUT2D eigenvalue weighted by molar-refractivity contribution is -0.181. The van der Waals surface area contributed by atoms with Crippen LogP contribution in [0.15, 0.2) is 12.1 Å². The van der Waals surface area contributed by atoms with Crippen molar-refractivity contribution in [2.75, 3.05) is 32.9 Å². The van der Waals surface area contributed by atoms with Gasteiger partial charge >= 0.3 is 0 Å². The first kappa shape index (κ1) is 19.7. The van der Waals surface area contributed by atoms with Crippen molar-refractivity contribution >= 4 is 11.8 Å². The maximum Gasteiger partial charge on any atom is 0.270 e. The average molecular weight is 377 g/mol. The number of rotatable bonds is 4. The molecular formula is C19H27N3O5. The molecule has 27 heavy (non-hydrogen) atoms. The van der Waals surface area contributed by atoms with E-state index >= 15 is 0 Å². The Hall–Kier alpha value is -2.03. The first-order valence-electron chi connectivity index (χ1n) is 9.26. The van der Waals surface area contributed by atoms with E-state index in [1.165, 1.54) is 0 Å². The number of aliphatic hydroxyl groups excluding tert-OH is 2. The van der Waals surface area contributed by atoms with Gasteiger partial charge in [0.15, 0.2) is 0 Å². The van der Waals surface area contributed by atoms with Crippen LogP contribution in [-0.4, -0.2) is 77.0 Å². The summed E-state index contributed by atoms with van der Waals surface area (Å²) >= 11 is 0. The SMILES string of the molecule is Cc1ccc(C)c(C(=O)N[C@@H]2CCN(C(=O)C3(CO)COC3)C[C@H](O)C2)n1. The molecule has 1 aromatic heterocycles. The number of hydrogen-bond donors (Lipinski definition) is 3. The number of ether oxygens (including phenoxy) is 1. The topological polar surface area (TPSA) is 112 Å². The highest BCUT2D eigenvalue weighted by molar-refractivity contribution is 5.93. The Morgan fingerprint density at radius 2 is 2.11 bits per heavy atom. The van der Waals surface area contributed by atoms with Crippen LogP contribution < -0.4 is 5.32 Å². The largest absolute Gasteiger partial charge is 0.395 e. The fourth-order valence-corrected chi connectivity index (χ4v) is 3.57. The smallest absolute Gasteiger partial charge is 0.270 e. The lowest BCUT2D eigenvalue weighted by atomic mass is 9.85. The number of likely N-dealkylation sites (tertiary alicyclic amines) is 1. The molecular weight excluding hydrogens is 350 g/mol. The number of nitrogens with zero attached hydrogens (tertiary/aromatic N) is 2. The van der Waals surface area contributed by atoms with Crippen molar-refractivity contribution in [2.45, 2.75) is 38.8 Å². The van der Waals surface area contributed by atoms with E-state index < -0.39 is 11.5 Å². The van der Waals surface area contributed by atoms with Crippen molar-refractivity contribution in [1.82, 2.24) is 15.2 Å². The quantitative estimate of drug-likeness (QED) is 0.669. The highest BCUT2D eigenvalue weighted by atomic mass is 16.5. The van der Waals surface area contributed by atoms with Crippen LogP contribution in [-0.2, 0) is 9.53 Å². The molecule has 3 rings (SSSR count). The summed E-state index contributed by atoms with van der Waals surface area (Å²) < 4.78 is 5.11. The van der Waals surface area contributed by atoms with Crippen LogP contribution in [0.4, 0.5) is 0 Å². The zero-order valence-electron chi connectivity index (χ0n) is 15.8. The molecule has 2 saturated heterocycles. The van der Waals surface area contributed by atoms with Crippen LogP contribution in [0.1, 0.15) is 34.6 Å². The van der Waals surface area contributed by atoms with Gasteiger partial charge in [0, 0.05) is 24.8 Å². The fourth-order valence-electron chi connectivity index (χ4n) is 3.57. The number of carbonyl (C=O) groups excluding carboxylic acids is 2. The van der Waals surface area contributed by atoms with Crippen molar-refractivity contribution in [2.24, 2.45) is 5.41 Å². The third-order valence-electron chi connectivity index (χ3n) is 5.32. The second-order valence-corrected chi connectivity index (χ2v) is 7.65. The van der Waals surface area contributed by atoms with Gasteiger partial charge in [-0.2, -0.15) is 0 Å². The molecule has 2 fully saturated rings. The zero-order valence-corrected chi connectivity index (χ0v) is 15.8. The van der Waals surface area contributed by atoms with Gasteiger partial charge in [0.25, 0.3) is 5.91 Å². The molecule has 2 aliphatic rings. The normalized spacial score (nSPS) is 24.7. The number of pyridine rings is 1. The number of amides is 2. The van der Waals surface area contributed by atoms with Gasteiger partial charge in [0.2, 0.25) is 5.91 Å². The zero-order chi connectivity index (χ0) is 19.6. The summed E-state index contributed by atoms with van der Waals surface area (Å²) in [5.41, 5.74) is 1.05. The summed E-state index contributed by atoms with van der Waals surface area (Å²) in [6.45, 7) is 4.39. The van der Waals surface area contributed by atoms with E-state index in [-0.39, 0.29) is 44.2 Å². The molecule has 8 nitrogen and oxygen atoms in total. The Balaban J connectivity index is 1.65. The Morgan fingerprint density at radius 3 is 2.74 bits per heavy atom. The Morgan fingerprint density at radius 1 is 1.37 bits per heavy atom. The molecule has 0 bridgehead atoms. The van der Waals surface area contributed by atoms with Crippen LogP contribution in [0.5, 0.6) is 0 Å². The number of aliphatic hydroxyl groups is 2. The molecule has 3 N–H and O–H groups in total. The number of aromatic nitrogens is 1. The van der Waals surface area contributed by atoms with Crippen LogP contribution in [0.25, 0.3) is 0 Å². The van der Waals surface area contributed by atoms with Gasteiger partial charge in [-0.1, -0.05) is 6.07 Å². The van der Waals surface area contributed by atoms with Crippen LogP contribution in [0.2, 0.25) is 0 Å². The summed E-state index contributed by atoms with van der Waals surface area (Å²) in [5.74, 6) is -0.467. The number of carbonyl (C=O) groups is 2. The van der Waals surface area contributed by atoms with E-state index in [2.05, 4.69) is 10.3 Å². The van der Waals surface area contributed by atoms with Gasteiger partial charge in [-0.3, -0.25) is 9.59 Å². The summed E-state index contributed by atoms with van der Waals surface area (Å²) in [4.78, 5) is 31.2. The van der Waals surface area contributed by atoms with E-state index in [0.717, 1.165) is 11.3 Å². The molecule has 2 atom stereocenters. The van der Waals surface area contributed by atoms with Crippen molar-refractivity contribution < 1.29 is 24.5 Å². The predicted octanol–water partition coefficient (Wildman–Crippen LogP) is -0.211. The average Bonchev–Trinajstić information content (AvgIpc) is 2.77. The van der Waals surface area contributed by atoms with Crippen LogP contribution in [0, 0.1) is 19.3 Å². The van der Waals surface area contributed by atoms with Gasteiger partial charge in [-0.15, -0.1) is 0 Å². The third kappa shape index (κ3) is 4.12. The Labute approximate surface area is 158 Å². The summed E-state index contributed by atoms with van der Waals surface area (Å²) in [5, 5.41) is 22.8. The van der Waals surface area contributed by atoms with Crippen molar-refractivity contribution in [1.29, 1.82) is 0 Å². The van der Waals surface area contributed by atoms with E-state index in [4.69, 9.17) is 4.74 Å². The van der Waals surface area contributed by atoms with Crippen molar-refractivity contribution in [3.05, 3.63) is 29.1 Å².